The maximum absolute atomic E-state index is 2.23. The van der Waals surface area contributed by atoms with E-state index in [2.05, 4.69) is 53.3 Å². The third-order valence-electron chi connectivity index (χ3n) is 2.19. The molecule has 1 saturated heterocycles. The molecule has 0 radical (unpaired) electrons. The van der Waals surface area contributed by atoms with Crippen molar-refractivity contribution in [3.8, 4) is 0 Å². The third kappa shape index (κ3) is 8.78. The summed E-state index contributed by atoms with van der Waals surface area (Å²) < 4.78 is 0. The molecule has 16 heavy (non-hydrogen) atoms. The van der Waals surface area contributed by atoms with E-state index in [-0.39, 0.29) is 0 Å². The van der Waals surface area contributed by atoms with Crippen molar-refractivity contribution in [3.63, 3.8) is 0 Å². The molecule has 0 saturated carbocycles. The molecule has 1 fully saturated rings. The molecule has 0 bridgehead atoms. The predicted octanol–water partition coefficient (Wildman–Crippen LogP) is 4.05. The van der Waals surface area contributed by atoms with Crippen LogP contribution in [0.1, 0.15) is 6.42 Å². The quantitative estimate of drug-likeness (QED) is 0.751. The van der Waals surface area contributed by atoms with E-state index >= 15 is 0 Å². The van der Waals surface area contributed by atoms with Gasteiger partial charge in [0, 0.05) is 39.8 Å². The lowest BCUT2D eigenvalue weighted by Gasteiger charge is -2.14. The third-order valence-corrected chi connectivity index (χ3v) is 8.38. The minimum absolute atomic E-state index is 0.881. The van der Waals surface area contributed by atoms with Crippen LogP contribution < -0.4 is 0 Å². The first-order valence-corrected chi connectivity index (χ1v) is 11.7. The zero-order valence-corrected chi connectivity index (χ0v) is 14.1. The van der Waals surface area contributed by atoms with Crippen LogP contribution in [0.5, 0.6) is 0 Å². The molecular formula is C11H22S5. The van der Waals surface area contributed by atoms with Crippen molar-refractivity contribution in [1.82, 2.24) is 0 Å². The second-order valence-corrected chi connectivity index (χ2v) is 9.52. The molecule has 1 heterocycles. The minimum atomic E-state index is 0.881. The SMILES string of the molecule is CSCC1CSCCSCCCSCCS1. The Balaban J connectivity index is 2.20. The van der Waals surface area contributed by atoms with Gasteiger partial charge < -0.3 is 0 Å². The van der Waals surface area contributed by atoms with Gasteiger partial charge in [-0.2, -0.15) is 58.8 Å². The Bertz CT molecular complexity index is 139. The highest BCUT2D eigenvalue weighted by molar-refractivity contribution is 8.06. The molecule has 1 unspecified atom stereocenters. The van der Waals surface area contributed by atoms with Crippen molar-refractivity contribution < 1.29 is 0 Å². The molecule has 0 spiro atoms. The smallest absolute Gasteiger partial charge is 0.0228 e. The molecule has 5 heteroatoms. The van der Waals surface area contributed by atoms with E-state index in [4.69, 9.17) is 0 Å². The average molecular weight is 315 g/mol. The molecule has 1 rings (SSSR count). The summed E-state index contributed by atoms with van der Waals surface area (Å²) in [7, 11) is 0. The van der Waals surface area contributed by atoms with Crippen molar-refractivity contribution in [2.45, 2.75) is 11.7 Å². The molecule has 96 valence electrons. The standard InChI is InChI=1S/C11H22S5/c1-12-9-11-10-15-6-5-13-3-2-4-14-7-8-16-11/h11H,2-10H2,1H3. The van der Waals surface area contributed by atoms with Crippen LogP contribution in [-0.2, 0) is 0 Å². The number of hydrogen-bond acceptors (Lipinski definition) is 5. The van der Waals surface area contributed by atoms with Gasteiger partial charge in [0.2, 0.25) is 0 Å². The fourth-order valence-electron chi connectivity index (χ4n) is 1.40. The van der Waals surface area contributed by atoms with Crippen LogP contribution in [0.15, 0.2) is 0 Å². The lowest BCUT2D eigenvalue weighted by atomic mass is 10.5. The van der Waals surface area contributed by atoms with Crippen LogP contribution in [0.4, 0.5) is 0 Å². The highest BCUT2D eigenvalue weighted by atomic mass is 32.2. The van der Waals surface area contributed by atoms with E-state index in [1.54, 1.807) is 0 Å². The molecule has 0 aromatic rings. The van der Waals surface area contributed by atoms with E-state index in [0.29, 0.717) is 0 Å². The average Bonchev–Trinajstić information content (AvgIpc) is 2.31. The molecule has 0 amide bonds. The van der Waals surface area contributed by atoms with Gasteiger partial charge in [-0.25, -0.2) is 0 Å². The fraction of sp³-hybridized carbons (Fsp3) is 1.00. The highest BCUT2D eigenvalue weighted by Gasteiger charge is 2.09. The van der Waals surface area contributed by atoms with E-state index in [1.807, 2.05) is 11.8 Å². The number of thioether (sulfide) groups is 5. The summed E-state index contributed by atoms with van der Waals surface area (Å²) >= 11 is 10.7. The zero-order valence-electron chi connectivity index (χ0n) is 9.98. The summed E-state index contributed by atoms with van der Waals surface area (Å²) in [5, 5.41) is 0.881. The van der Waals surface area contributed by atoms with Gasteiger partial charge in [0.1, 0.15) is 0 Å². The Kier molecular flexibility index (Phi) is 11.7. The van der Waals surface area contributed by atoms with E-state index in [1.165, 1.54) is 52.4 Å². The van der Waals surface area contributed by atoms with E-state index < -0.39 is 0 Å². The van der Waals surface area contributed by atoms with Crippen molar-refractivity contribution in [2.75, 3.05) is 52.3 Å². The van der Waals surface area contributed by atoms with Gasteiger partial charge >= 0.3 is 0 Å². The summed E-state index contributed by atoms with van der Waals surface area (Å²) in [4.78, 5) is 0. The second kappa shape index (κ2) is 11.8. The lowest BCUT2D eigenvalue weighted by Crippen LogP contribution is -2.11. The Morgan fingerprint density at radius 2 is 1.62 bits per heavy atom. The molecular weight excluding hydrogens is 292 g/mol. The van der Waals surface area contributed by atoms with E-state index in [0.717, 1.165) is 5.25 Å². The topological polar surface area (TPSA) is 0 Å². The van der Waals surface area contributed by atoms with Crippen LogP contribution >= 0.6 is 58.8 Å². The van der Waals surface area contributed by atoms with Gasteiger partial charge in [0.05, 0.1) is 0 Å². The monoisotopic (exact) mass is 314 g/mol. The minimum Gasteiger partial charge on any atom is -0.164 e. The first-order valence-electron chi connectivity index (χ1n) is 5.77. The van der Waals surface area contributed by atoms with Crippen molar-refractivity contribution in [2.24, 2.45) is 0 Å². The molecule has 1 aliphatic rings. The molecule has 0 N–H and O–H groups in total. The summed E-state index contributed by atoms with van der Waals surface area (Å²) in [6, 6.07) is 0. The molecule has 1 atom stereocenters. The maximum Gasteiger partial charge on any atom is 0.0228 e. The Labute approximate surface area is 122 Å². The zero-order chi connectivity index (χ0) is 11.5. The Morgan fingerprint density at radius 3 is 2.38 bits per heavy atom. The molecule has 0 nitrogen and oxygen atoms in total. The van der Waals surface area contributed by atoms with Gasteiger partial charge in [-0.05, 0) is 24.2 Å². The maximum atomic E-state index is 2.23. The Morgan fingerprint density at radius 1 is 0.938 bits per heavy atom. The summed E-state index contributed by atoms with van der Waals surface area (Å²) in [5.41, 5.74) is 0. The molecule has 0 aliphatic carbocycles. The van der Waals surface area contributed by atoms with Gasteiger partial charge in [-0.1, -0.05) is 0 Å². The van der Waals surface area contributed by atoms with Crippen LogP contribution in [-0.4, -0.2) is 57.5 Å². The summed E-state index contributed by atoms with van der Waals surface area (Å²) in [5.74, 6) is 10.8. The largest absolute Gasteiger partial charge is 0.164 e. The van der Waals surface area contributed by atoms with Crippen LogP contribution in [0.3, 0.4) is 0 Å². The number of rotatable bonds is 2. The normalized spacial score (nSPS) is 26.4. The molecule has 0 aromatic carbocycles. The molecule has 0 aromatic heterocycles. The lowest BCUT2D eigenvalue weighted by molar-refractivity contribution is 1.12. The van der Waals surface area contributed by atoms with Crippen LogP contribution in [0.2, 0.25) is 0 Å². The predicted molar refractivity (Wildman–Crippen MR) is 91.2 cm³/mol. The van der Waals surface area contributed by atoms with Crippen molar-refractivity contribution >= 4 is 58.8 Å². The van der Waals surface area contributed by atoms with Gasteiger partial charge in [-0.15, -0.1) is 0 Å². The summed E-state index contributed by atoms with van der Waals surface area (Å²) in [6.07, 6.45) is 3.63. The van der Waals surface area contributed by atoms with E-state index in [9.17, 15) is 0 Å². The van der Waals surface area contributed by atoms with Gasteiger partial charge in [0.25, 0.3) is 0 Å². The number of hydrogen-bond donors (Lipinski definition) is 0. The molecule has 1 aliphatic heterocycles. The fourth-order valence-corrected chi connectivity index (χ4v) is 7.48. The van der Waals surface area contributed by atoms with Crippen molar-refractivity contribution in [1.29, 1.82) is 0 Å². The van der Waals surface area contributed by atoms with Gasteiger partial charge in [-0.3, -0.25) is 0 Å². The Hall–Kier alpha value is 1.75. The first kappa shape index (κ1) is 15.8. The van der Waals surface area contributed by atoms with Crippen molar-refractivity contribution in [3.05, 3.63) is 0 Å². The van der Waals surface area contributed by atoms with Gasteiger partial charge in [0.15, 0.2) is 0 Å². The van der Waals surface area contributed by atoms with Crippen LogP contribution in [0.25, 0.3) is 0 Å². The highest BCUT2D eigenvalue weighted by Crippen LogP contribution is 2.23. The van der Waals surface area contributed by atoms with Crippen LogP contribution in [0, 0.1) is 0 Å². The first-order chi connectivity index (χ1) is 7.93. The second-order valence-electron chi connectivity index (χ2n) is 3.60. The summed E-state index contributed by atoms with van der Waals surface area (Å²) in [6.45, 7) is 0.